The number of hydrogen-bond acceptors (Lipinski definition) is 12. The summed E-state index contributed by atoms with van der Waals surface area (Å²) in [6.07, 6.45) is 3.95. The Morgan fingerprint density at radius 2 is 1.61 bits per heavy atom. The summed E-state index contributed by atoms with van der Waals surface area (Å²) in [6, 6.07) is 15.6. The monoisotopic (exact) mass is 774 g/mol. The normalized spacial score (nSPS) is 19.0. The van der Waals surface area contributed by atoms with E-state index in [1.54, 1.807) is 63.8 Å². The molecule has 12 heteroatoms. The largest absolute Gasteiger partial charge is 0.506 e. The fourth-order valence-electron chi connectivity index (χ4n) is 7.71. The maximum absolute atomic E-state index is 13.5. The van der Waals surface area contributed by atoms with E-state index in [0.717, 1.165) is 22.4 Å². The molecule has 0 aliphatic carbocycles. The Hall–Kier alpha value is -6.56. The second kappa shape index (κ2) is 14.2. The van der Waals surface area contributed by atoms with Crippen LogP contribution < -0.4 is 43.5 Å². The Bertz CT molecular complexity index is 2550. The highest BCUT2D eigenvalue weighted by Crippen LogP contribution is 2.50. The number of rotatable bonds is 6. The third kappa shape index (κ3) is 6.34. The van der Waals surface area contributed by atoms with Crippen molar-refractivity contribution >= 4 is 22.8 Å². The van der Waals surface area contributed by atoms with Crippen molar-refractivity contribution in [1.82, 2.24) is 0 Å². The molecule has 0 fully saturated rings. The van der Waals surface area contributed by atoms with E-state index < -0.39 is 23.2 Å². The van der Waals surface area contributed by atoms with Gasteiger partial charge in [-0.1, -0.05) is 18.7 Å². The molecule has 5 aromatic rings. The van der Waals surface area contributed by atoms with Crippen molar-refractivity contribution in [3.8, 4) is 62.9 Å². The first-order valence-electron chi connectivity index (χ1n) is 18.4. The molecule has 0 saturated heterocycles. The van der Waals surface area contributed by atoms with Crippen LogP contribution in [0.1, 0.15) is 53.7 Å². The lowest BCUT2D eigenvalue weighted by atomic mass is 9.81. The number of ketones is 1. The standard InChI is InChI=1S/C23H22O6.C22H20O6/c1-11(2)16-8-14-15(28-16)6-5-12-22(24)21-13-7-18(25-3)19(26-4)9-17(13)27-10-20(21)29-23(12)14;1-22(2)10-9-14-15(28-22)11-16-18(20(14)26-4)19(23)17(21(24)27-16)12-5-7-13(25-3)8-6-12/h5-7,9,16,20-21H,1,8,10H2,2-4H3;5-11,23H,1-4H3/t16-,20-,21+;/m1./s1. The number of benzene rings is 4. The second-order valence-corrected chi connectivity index (χ2v) is 14.7. The van der Waals surface area contributed by atoms with Crippen molar-refractivity contribution < 1.29 is 52.2 Å². The molecule has 4 aliphatic rings. The molecule has 5 heterocycles. The Morgan fingerprint density at radius 1 is 0.877 bits per heavy atom. The molecule has 0 saturated carbocycles. The third-order valence-corrected chi connectivity index (χ3v) is 10.6. The number of fused-ring (bicyclic) bond motifs is 8. The van der Waals surface area contributed by atoms with E-state index in [-0.39, 0.29) is 35.4 Å². The van der Waals surface area contributed by atoms with E-state index in [9.17, 15) is 14.7 Å². The van der Waals surface area contributed by atoms with Gasteiger partial charge in [-0.3, -0.25) is 4.79 Å². The number of hydrogen-bond donors (Lipinski definition) is 1. The molecule has 0 unspecified atom stereocenters. The van der Waals surface area contributed by atoms with Crippen LogP contribution in [-0.4, -0.2) is 63.7 Å². The Kier molecular flexibility index (Phi) is 9.30. The van der Waals surface area contributed by atoms with E-state index in [1.807, 2.05) is 45.1 Å². The summed E-state index contributed by atoms with van der Waals surface area (Å²) in [6.45, 7) is 10.1. The van der Waals surface area contributed by atoms with Gasteiger partial charge in [0.15, 0.2) is 17.3 Å². The van der Waals surface area contributed by atoms with Gasteiger partial charge in [0.25, 0.3) is 0 Å². The van der Waals surface area contributed by atoms with Gasteiger partial charge in [0, 0.05) is 29.7 Å². The zero-order chi connectivity index (χ0) is 40.3. The molecular formula is C45H42O12. The van der Waals surface area contributed by atoms with E-state index >= 15 is 0 Å². The SMILES string of the molecule is C=C(C)[C@H]1Cc2c(ccc3c2O[C@@H]2COc4cc(OC)c(OC)cc4[C@@H]2C3=O)O1.COc1ccc(-c2c(O)c3c(OC)c4c(cc3oc2=O)OC(C)(C)C=C4)cc1. The molecule has 1 N–H and O–H groups in total. The topological polar surface area (TPSA) is 141 Å². The predicted octanol–water partition coefficient (Wildman–Crippen LogP) is 8.07. The smallest absolute Gasteiger partial charge is 0.347 e. The van der Waals surface area contributed by atoms with Gasteiger partial charge in [0.2, 0.25) is 0 Å². The quantitative estimate of drug-likeness (QED) is 0.132. The van der Waals surface area contributed by atoms with Crippen LogP contribution >= 0.6 is 0 Å². The molecule has 0 amide bonds. The summed E-state index contributed by atoms with van der Waals surface area (Å²) in [7, 11) is 6.20. The van der Waals surface area contributed by atoms with Crippen LogP contribution in [0.15, 0.2) is 82.0 Å². The average Bonchev–Trinajstić information content (AvgIpc) is 3.65. The van der Waals surface area contributed by atoms with Crippen molar-refractivity contribution in [2.24, 2.45) is 0 Å². The molecule has 57 heavy (non-hydrogen) atoms. The summed E-state index contributed by atoms with van der Waals surface area (Å²) in [5.41, 5.74) is 3.52. The average molecular weight is 775 g/mol. The van der Waals surface area contributed by atoms with Crippen molar-refractivity contribution in [3.63, 3.8) is 0 Å². The van der Waals surface area contributed by atoms with Crippen LogP contribution in [0.3, 0.4) is 0 Å². The fourth-order valence-corrected chi connectivity index (χ4v) is 7.71. The summed E-state index contributed by atoms with van der Waals surface area (Å²) in [5.74, 6) is 4.03. The summed E-state index contributed by atoms with van der Waals surface area (Å²) >= 11 is 0. The van der Waals surface area contributed by atoms with Crippen LogP contribution in [0, 0.1) is 0 Å². The minimum atomic E-state index is -0.650. The third-order valence-electron chi connectivity index (χ3n) is 10.6. The maximum atomic E-state index is 13.5. The van der Waals surface area contributed by atoms with Gasteiger partial charge in [0.05, 0.1) is 45.5 Å². The van der Waals surface area contributed by atoms with Gasteiger partial charge in [-0.05, 0) is 74.4 Å². The summed E-state index contributed by atoms with van der Waals surface area (Å²) in [4.78, 5) is 26.2. The Balaban J connectivity index is 0.000000160. The summed E-state index contributed by atoms with van der Waals surface area (Å²) < 4.78 is 51.2. The molecule has 12 nitrogen and oxygen atoms in total. The maximum Gasteiger partial charge on any atom is 0.347 e. The van der Waals surface area contributed by atoms with E-state index in [1.165, 1.54) is 7.11 Å². The molecule has 3 atom stereocenters. The van der Waals surface area contributed by atoms with Gasteiger partial charge in [-0.15, -0.1) is 0 Å². The van der Waals surface area contributed by atoms with Gasteiger partial charge >= 0.3 is 5.63 Å². The molecule has 294 valence electrons. The van der Waals surface area contributed by atoms with Crippen LogP contribution in [0.5, 0.6) is 51.7 Å². The Labute approximate surface area is 328 Å². The van der Waals surface area contributed by atoms with E-state index in [4.69, 9.17) is 42.3 Å². The zero-order valence-corrected chi connectivity index (χ0v) is 32.6. The highest BCUT2D eigenvalue weighted by Gasteiger charge is 2.45. The second-order valence-electron chi connectivity index (χ2n) is 14.7. The van der Waals surface area contributed by atoms with E-state index in [2.05, 4.69) is 6.58 Å². The van der Waals surface area contributed by atoms with Crippen molar-refractivity contribution in [1.29, 1.82) is 0 Å². The highest BCUT2D eigenvalue weighted by molar-refractivity contribution is 6.06. The molecule has 1 aromatic heterocycles. The molecule has 0 bridgehead atoms. The minimum Gasteiger partial charge on any atom is -0.506 e. The number of carbonyl (C=O) groups excluding carboxylic acids is 1. The van der Waals surface area contributed by atoms with Crippen molar-refractivity contribution in [3.05, 3.63) is 105 Å². The lowest BCUT2D eigenvalue weighted by Gasteiger charge is -2.37. The number of carbonyl (C=O) groups is 1. The van der Waals surface area contributed by atoms with Crippen LogP contribution in [0.4, 0.5) is 0 Å². The molecule has 0 spiro atoms. The van der Waals surface area contributed by atoms with Crippen LogP contribution in [0.25, 0.3) is 28.2 Å². The number of methoxy groups -OCH3 is 4. The van der Waals surface area contributed by atoms with Gasteiger partial charge in [0.1, 0.15) is 81.2 Å². The van der Waals surface area contributed by atoms with Gasteiger partial charge in [-0.2, -0.15) is 0 Å². The number of Topliss-reactive ketones (excluding diaryl/α,β-unsaturated/α-hetero) is 1. The zero-order valence-electron chi connectivity index (χ0n) is 32.6. The summed E-state index contributed by atoms with van der Waals surface area (Å²) in [5, 5.41) is 11.3. The van der Waals surface area contributed by atoms with E-state index in [0.29, 0.717) is 68.7 Å². The minimum absolute atomic E-state index is 0.0228. The van der Waals surface area contributed by atoms with Gasteiger partial charge in [-0.25, -0.2) is 4.79 Å². The lowest BCUT2D eigenvalue weighted by Crippen LogP contribution is -2.43. The van der Waals surface area contributed by atoms with Gasteiger partial charge < -0.3 is 47.4 Å². The lowest BCUT2D eigenvalue weighted by molar-refractivity contribution is 0.0554. The number of ether oxygens (including phenoxy) is 8. The van der Waals surface area contributed by atoms with Crippen molar-refractivity contribution in [2.75, 3.05) is 35.0 Å². The van der Waals surface area contributed by atoms with Crippen LogP contribution in [0.2, 0.25) is 0 Å². The van der Waals surface area contributed by atoms with Crippen LogP contribution in [-0.2, 0) is 6.42 Å². The molecule has 0 radical (unpaired) electrons. The molecule has 9 rings (SSSR count). The molecule has 4 aliphatic heterocycles. The number of aromatic hydroxyl groups is 1. The highest BCUT2D eigenvalue weighted by atomic mass is 16.5. The first-order valence-corrected chi connectivity index (χ1v) is 18.4. The first kappa shape index (κ1) is 37.4. The van der Waals surface area contributed by atoms with Crippen molar-refractivity contribution in [2.45, 2.75) is 50.9 Å². The first-order chi connectivity index (χ1) is 27.4. The predicted molar refractivity (Wildman–Crippen MR) is 212 cm³/mol. The molecular weight excluding hydrogens is 732 g/mol. The fraction of sp³-hybridized carbons (Fsp3) is 0.289. The Morgan fingerprint density at radius 3 is 2.30 bits per heavy atom. The molecule has 4 aromatic carbocycles.